The molecule has 0 spiro atoms. The third-order valence-electron chi connectivity index (χ3n) is 5.13. The molecular formula is C22H27N5O2. The standard InChI is InChI=1S/C22H27N5O2/c1-3-4-7-14-27(16(2)22(28)29)15-17-10-12-18(13-11-17)19-8-5-6-9-20(19)21-23-25-26-24-21/h5-6,8-13,16H,3-4,7,14-15H2,1-2H3,(H,28,29)(H,23,24,25,26)/t16-/m0/s1. The second kappa shape index (κ2) is 9.93. The number of carboxylic acid groups (broad SMARTS) is 1. The van der Waals surface area contributed by atoms with Crippen LogP contribution in [0.1, 0.15) is 38.7 Å². The Morgan fingerprint density at radius 1 is 1.10 bits per heavy atom. The molecule has 2 aromatic carbocycles. The molecule has 29 heavy (non-hydrogen) atoms. The minimum Gasteiger partial charge on any atom is -0.480 e. The Morgan fingerprint density at radius 3 is 2.45 bits per heavy atom. The van der Waals surface area contributed by atoms with Gasteiger partial charge in [0.2, 0.25) is 0 Å². The van der Waals surface area contributed by atoms with Crippen LogP contribution in [0.5, 0.6) is 0 Å². The van der Waals surface area contributed by atoms with Crippen molar-refractivity contribution in [2.45, 2.75) is 45.7 Å². The number of hydrogen-bond acceptors (Lipinski definition) is 5. The number of carboxylic acids is 1. The summed E-state index contributed by atoms with van der Waals surface area (Å²) in [6, 6.07) is 15.7. The van der Waals surface area contributed by atoms with Crippen LogP contribution in [0.3, 0.4) is 0 Å². The zero-order chi connectivity index (χ0) is 20.6. The lowest BCUT2D eigenvalue weighted by Gasteiger charge is -2.26. The highest BCUT2D eigenvalue weighted by molar-refractivity contribution is 5.80. The maximum absolute atomic E-state index is 11.5. The van der Waals surface area contributed by atoms with E-state index in [9.17, 15) is 9.90 Å². The van der Waals surface area contributed by atoms with Gasteiger partial charge in [-0.25, -0.2) is 5.10 Å². The van der Waals surface area contributed by atoms with E-state index in [1.54, 1.807) is 6.92 Å². The molecule has 0 amide bonds. The number of tetrazole rings is 1. The summed E-state index contributed by atoms with van der Waals surface area (Å²) in [6.45, 7) is 5.30. The normalized spacial score (nSPS) is 12.2. The highest BCUT2D eigenvalue weighted by atomic mass is 16.4. The topological polar surface area (TPSA) is 95.0 Å². The molecule has 3 aromatic rings. The molecule has 0 saturated heterocycles. The first-order valence-corrected chi connectivity index (χ1v) is 9.99. The van der Waals surface area contributed by atoms with E-state index in [1.807, 2.05) is 29.2 Å². The average Bonchev–Trinajstić information content (AvgIpc) is 3.28. The largest absolute Gasteiger partial charge is 0.480 e. The molecule has 0 saturated carbocycles. The number of H-pyrrole nitrogens is 1. The summed E-state index contributed by atoms with van der Waals surface area (Å²) in [5, 5.41) is 23.6. The van der Waals surface area contributed by atoms with Gasteiger partial charge in [0.15, 0.2) is 5.82 Å². The lowest BCUT2D eigenvalue weighted by Crippen LogP contribution is -2.39. The van der Waals surface area contributed by atoms with E-state index >= 15 is 0 Å². The second-order valence-corrected chi connectivity index (χ2v) is 7.18. The van der Waals surface area contributed by atoms with Crippen LogP contribution in [0.15, 0.2) is 48.5 Å². The summed E-state index contributed by atoms with van der Waals surface area (Å²) >= 11 is 0. The number of aromatic nitrogens is 4. The lowest BCUT2D eigenvalue weighted by atomic mass is 9.98. The Bertz CT molecular complexity index is 909. The fourth-order valence-corrected chi connectivity index (χ4v) is 3.37. The quantitative estimate of drug-likeness (QED) is 0.506. The zero-order valence-electron chi connectivity index (χ0n) is 16.9. The van der Waals surface area contributed by atoms with Gasteiger partial charge in [-0.3, -0.25) is 9.69 Å². The van der Waals surface area contributed by atoms with E-state index in [0.29, 0.717) is 12.4 Å². The summed E-state index contributed by atoms with van der Waals surface area (Å²) in [5.74, 6) is -0.158. The molecule has 1 aromatic heterocycles. The first-order valence-electron chi connectivity index (χ1n) is 9.99. The van der Waals surface area contributed by atoms with Crippen molar-refractivity contribution in [3.05, 3.63) is 54.1 Å². The molecule has 7 nitrogen and oxygen atoms in total. The first kappa shape index (κ1) is 20.7. The van der Waals surface area contributed by atoms with Crippen molar-refractivity contribution in [1.29, 1.82) is 0 Å². The Labute approximate surface area is 170 Å². The van der Waals surface area contributed by atoms with Gasteiger partial charge in [-0.15, -0.1) is 5.10 Å². The predicted octanol–water partition coefficient (Wildman–Crippen LogP) is 4.00. The highest BCUT2D eigenvalue weighted by Gasteiger charge is 2.20. The fourth-order valence-electron chi connectivity index (χ4n) is 3.37. The van der Waals surface area contributed by atoms with Gasteiger partial charge in [0, 0.05) is 12.1 Å². The molecule has 2 N–H and O–H groups in total. The van der Waals surface area contributed by atoms with Crippen LogP contribution in [0.4, 0.5) is 0 Å². The smallest absolute Gasteiger partial charge is 0.320 e. The Balaban J connectivity index is 1.78. The van der Waals surface area contributed by atoms with Crippen molar-refractivity contribution in [3.63, 3.8) is 0 Å². The fraction of sp³-hybridized carbons (Fsp3) is 0.364. The van der Waals surface area contributed by atoms with Gasteiger partial charge in [0.05, 0.1) is 0 Å². The number of nitrogens with one attached hydrogen (secondary N) is 1. The van der Waals surface area contributed by atoms with E-state index in [2.05, 4.69) is 51.8 Å². The van der Waals surface area contributed by atoms with E-state index in [0.717, 1.165) is 48.1 Å². The Kier molecular flexibility index (Phi) is 7.08. The summed E-state index contributed by atoms with van der Waals surface area (Å²) in [6.07, 6.45) is 3.23. The molecular weight excluding hydrogens is 366 g/mol. The monoisotopic (exact) mass is 393 g/mol. The van der Waals surface area contributed by atoms with Crippen molar-refractivity contribution in [3.8, 4) is 22.5 Å². The average molecular weight is 393 g/mol. The number of benzene rings is 2. The maximum atomic E-state index is 11.5. The number of aliphatic carboxylic acids is 1. The molecule has 152 valence electrons. The molecule has 7 heteroatoms. The van der Waals surface area contributed by atoms with Crippen LogP contribution in [0.25, 0.3) is 22.5 Å². The van der Waals surface area contributed by atoms with Crippen LogP contribution in [-0.4, -0.2) is 49.2 Å². The number of unbranched alkanes of at least 4 members (excludes halogenated alkanes) is 2. The third-order valence-corrected chi connectivity index (χ3v) is 5.13. The van der Waals surface area contributed by atoms with Crippen LogP contribution >= 0.6 is 0 Å². The molecule has 1 heterocycles. The minimum atomic E-state index is -0.785. The molecule has 0 aliphatic carbocycles. The summed E-state index contributed by atoms with van der Waals surface area (Å²) in [4.78, 5) is 13.5. The summed E-state index contributed by atoms with van der Waals surface area (Å²) in [7, 11) is 0. The highest BCUT2D eigenvalue weighted by Crippen LogP contribution is 2.29. The van der Waals surface area contributed by atoms with E-state index < -0.39 is 12.0 Å². The Morgan fingerprint density at radius 2 is 1.83 bits per heavy atom. The van der Waals surface area contributed by atoms with Crippen LogP contribution in [0, 0.1) is 0 Å². The Hall–Kier alpha value is -3.06. The SMILES string of the molecule is CCCCCN(Cc1ccc(-c2ccccc2-c2nnn[nH]2)cc1)[C@@H](C)C(=O)O. The zero-order valence-corrected chi connectivity index (χ0v) is 16.9. The number of rotatable bonds is 10. The lowest BCUT2D eigenvalue weighted by molar-refractivity contribution is -0.142. The molecule has 1 atom stereocenters. The second-order valence-electron chi connectivity index (χ2n) is 7.18. The molecule has 0 bridgehead atoms. The number of nitrogens with zero attached hydrogens (tertiary/aromatic N) is 4. The van der Waals surface area contributed by atoms with Gasteiger partial charge in [-0.1, -0.05) is 68.3 Å². The minimum absolute atomic E-state index is 0.508. The maximum Gasteiger partial charge on any atom is 0.320 e. The summed E-state index contributed by atoms with van der Waals surface area (Å²) < 4.78 is 0. The summed E-state index contributed by atoms with van der Waals surface area (Å²) in [5.41, 5.74) is 4.13. The third kappa shape index (κ3) is 5.26. The van der Waals surface area contributed by atoms with Crippen molar-refractivity contribution in [1.82, 2.24) is 25.5 Å². The van der Waals surface area contributed by atoms with Crippen LogP contribution in [0.2, 0.25) is 0 Å². The van der Waals surface area contributed by atoms with Gasteiger partial charge in [-0.2, -0.15) is 0 Å². The van der Waals surface area contributed by atoms with Gasteiger partial charge < -0.3 is 5.11 Å². The molecule has 0 unspecified atom stereocenters. The van der Waals surface area contributed by atoms with E-state index in [4.69, 9.17) is 0 Å². The van der Waals surface area contributed by atoms with Crippen molar-refractivity contribution >= 4 is 5.97 Å². The van der Waals surface area contributed by atoms with Gasteiger partial charge in [-0.05, 0) is 47.0 Å². The number of carbonyl (C=O) groups is 1. The van der Waals surface area contributed by atoms with Crippen LogP contribution in [-0.2, 0) is 11.3 Å². The van der Waals surface area contributed by atoms with Gasteiger partial charge >= 0.3 is 5.97 Å². The molecule has 0 radical (unpaired) electrons. The van der Waals surface area contributed by atoms with Gasteiger partial charge in [0.25, 0.3) is 0 Å². The van der Waals surface area contributed by atoms with E-state index in [-0.39, 0.29) is 0 Å². The van der Waals surface area contributed by atoms with Crippen molar-refractivity contribution in [2.24, 2.45) is 0 Å². The van der Waals surface area contributed by atoms with Crippen molar-refractivity contribution in [2.75, 3.05) is 6.54 Å². The molecule has 0 aliphatic rings. The first-order chi connectivity index (χ1) is 14.1. The molecule has 0 aliphatic heterocycles. The number of aromatic amines is 1. The molecule has 0 fully saturated rings. The van der Waals surface area contributed by atoms with E-state index in [1.165, 1.54) is 0 Å². The van der Waals surface area contributed by atoms with Crippen LogP contribution < -0.4 is 0 Å². The number of hydrogen-bond donors (Lipinski definition) is 2. The predicted molar refractivity (Wildman–Crippen MR) is 112 cm³/mol. The van der Waals surface area contributed by atoms with Crippen molar-refractivity contribution < 1.29 is 9.90 Å². The molecule has 3 rings (SSSR count). The van der Waals surface area contributed by atoms with Gasteiger partial charge in [0.1, 0.15) is 6.04 Å².